The Hall–Kier alpha value is -6.84. The van der Waals surface area contributed by atoms with Crippen LogP contribution in [0.5, 0.6) is 11.5 Å². The van der Waals surface area contributed by atoms with E-state index in [0.29, 0.717) is 0 Å². The monoisotopic (exact) mass is 966 g/mol. The fourth-order valence-corrected chi connectivity index (χ4v) is 17.8. The van der Waals surface area contributed by atoms with Gasteiger partial charge >= 0.3 is 0 Å². The summed E-state index contributed by atoms with van der Waals surface area (Å²) in [7, 11) is -0.399. The summed E-state index contributed by atoms with van der Waals surface area (Å²) in [4.78, 5) is 19.0. The summed E-state index contributed by atoms with van der Waals surface area (Å²) in [6.07, 6.45) is 1.02. The molecule has 0 aliphatic carbocycles. The van der Waals surface area contributed by atoms with Gasteiger partial charge in [0.15, 0.2) is 0 Å². The van der Waals surface area contributed by atoms with E-state index >= 15 is 0 Å². The van der Waals surface area contributed by atoms with Crippen LogP contribution in [0.25, 0.3) is 0 Å². The zero-order chi connectivity index (χ0) is 50.3. The van der Waals surface area contributed by atoms with E-state index in [4.69, 9.17) is 9.47 Å². The van der Waals surface area contributed by atoms with E-state index in [1.807, 2.05) is 0 Å². The second-order valence-electron chi connectivity index (χ2n) is 17.9. The second kappa shape index (κ2) is 24.6. The van der Waals surface area contributed by atoms with Crippen molar-refractivity contribution in [3.8, 4) is 11.5 Å². The Balaban J connectivity index is 0.000000199. The summed E-state index contributed by atoms with van der Waals surface area (Å²) in [5.74, 6) is -0.938. The second-order valence-corrected chi connectivity index (χ2v) is 24.9. The van der Waals surface area contributed by atoms with Gasteiger partial charge in [-0.2, -0.15) is 0 Å². The molecule has 0 heterocycles. The van der Waals surface area contributed by atoms with E-state index in [-0.39, 0.29) is 0 Å². The molecule has 0 aliphatic heterocycles. The zero-order valence-electron chi connectivity index (χ0n) is 41.6. The highest BCUT2D eigenvalue weighted by molar-refractivity contribution is 7.95. The van der Waals surface area contributed by atoms with Crippen LogP contribution in [0.15, 0.2) is 194 Å². The predicted molar refractivity (Wildman–Crippen MR) is 291 cm³/mol. The highest BCUT2D eigenvalue weighted by atomic mass is 31.2. The molecule has 0 saturated carbocycles. The van der Waals surface area contributed by atoms with Crippen molar-refractivity contribution in [1.29, 1.82) is 0 Å². The molecule has 8 rings (SSSR count). The number of hydrogen-bond acceptors (Lipinski definition) is 6. The molecule has 0 fully saturated rings. The zero-order valence-corrected chi connectivity index (χ0v) is 43.4. The molecule has 6 nitrogen and oxygen atoms in total. The summed E-state index contributed by atoms with van der Waals surface area (Å²) in [5, 5.41) is 27.6. The first-order valence-electron chi connectivity index (χ1n) is 23.5. The van der Waals surface area contributed by atoms with Gasteiger partial charge in [-0.15, -0.1) is 0 Å². The molecule has 358 valence electrons. The number of carbonyl (C=O) groups is 2. The van der Waals surface area contributed by atoms with Crippen molar-refractivity contribution in [3.63, 3.8) is 0 Å². The van der Waals surface area contributed by atoms with E-state index in [0.717, 1.165) is 23.8 Å². The minimum absolute atomic E-state index is 0.470. The summed E-state index contributed by atoms with van der Waals surface area (Å²) in [6, 6.07) is 71.9. The van der Waals surface area contributed by atoms with E-state index < -0.39 is 39.3 Å². The Morgan fingerprint density at radius 1 is 0.357 bits per heavy atom. The van der Waals surface area contributed by atoms with Crippen molar-refractivity contribution < 1.29 is 29.3 Å². The number of rotatable bonds is 15. The number of methoxy groups -OCH3 is 2. The molecule has 70 heavy (non-hydrogen) atoms. The highest BCUT2D eigenvalue weighted by Gasteiger charge is 2.47. The van der Waals surface area contributed by atoms with Crippen LogP contribution in [0.4, 0.5) is 0 Å². The van der Waals surface area contributed by atoms with Crippen molar-refractivity contribution in [1.82, 2.24) is 0 Å². The van der Waals surface area contributed by atoms with Gasteiger partial charge in [-0.25, -0.2) is 0 Å². The molecule has 0 saturated heterocycles. The third-order valence-electron chi connectivity index (χ3n) is 12.3. The average molecular weight is 967 g/mol. The van der Waals surface area contributed by atoms with Crippen LogP contribution in [-0.2, 0) is 21.9 Å². The minimum Gasteiger partial charge on any atom is -0.550 e. The molecule has 0 bridgehead atoms. The first-order chi connectivity index (χ1) is 33.6. The van der Waals surface area contributed by atoms with Crippen molar-refractivity contribution in [3.05, 3.63) is 239 Å². The minimum atomic E-state index is -1.92. The lowest BCUT2D eigenvalue weighted by molar-refractivity contribution is -0.315. The van der Waals surface area contributed by atoms with Crippen LogP contribution in [0.2, 0.25) is 0 Å². The molecule has 0 spiro atoms. The number of aliphatic carboxylic acids is 2. The van der Waals surface area contributed by atoms with E-state index in [9.17, 15) is 19.8 Å². The van der Waals surface area contributed by atoms with Gasteiger partial charge in [0, 0.05) is 11.9 Å². The number of aryl methyl sites for hydroxylation is 6. The summed E-state index contributed by atoms with van der Waals surface area (Å²) in [5.41, 5.74) is 10.5. The Morgan fingerprint density at radius 3 is 0.743 bits per heavy atom. The summed E-state index contributed by atoms with van der Waals surface area (Å²) < 4.78 is 10.8. The third-order valence-corrected chi connectivity index (χ3v) is 21.0. The van der Waals surface area contributed by atoms with Gasteiger partial charge in [0.1, 0.15) is 57.9 Å². The highest BCUT2D eigenvalue weighted by Crippen LogP contribution is 2.59. The molecule has 0 radical (unpaired) electrons. The maximum absolute atomic E-state index is 9.50. The molecule has 0 atom stereocenters. The maximum Gasteiger partial charge on any atom is 0.118 e. The number of ether oxygens (including phenoxy) is 2. The molecule has 0 unspecified atom stereocenters. The summed E-state index contributed by atoms with van der Waals surface area (Å²) in [6.45, 7) is 13.2. The fraction of sp³-hybridized carbons (Fsp3) is 0.194. The predicted octanol–water partition coefficient (Wildman–Crippen LogP) is 9.50. The Labute approximate surface area is 416 Å². The number of carboxylic acids is 2. The summed E-state index contributed by atoms with van der Waals surface area (Å²) >= 11 is 0. The molecule has 8 aromatic rings. The van der Waals surface area contributed by atoms with Crippen LogP contribution in [0.3, 0.4) is 0 Å². The van der Waals surface area contributed by atoms with Crippen molar-refractivity contribution >= 4 is 58.3 Å². The Bertz CT molecular complexity index is 2570. The lowest BCUT2D eigenvalue weighted by atomic mass is 10.2. The van der Waals surface area contributed by atoms with Gasteiger partial charge < -0.3 is 29.3 Å². The van der Waals surface area contributed by atoms with Crippen molar-refractivity contribution in [2.45, 2.75) is 66.7 Å². The lowest BCUT2D eigenvalue weighted by Crippen LogP contribution is -2.33. The van der Waals surface area contributed by atoms with Gasteiger partial charge in [-0.1, -0.05) is 97.1 Å². The van der Waals surface area contributed by atoms with Crippen molar-refractivity contribution in [2.75, 3.05) is 14.2 Å². The number of hydrogen-bond donors (Lipinski definition) is 0. The number of carboxylic acid groups (broad SMARTS) is 2. The van der Waals surface area contributed by atoms with Gasteiger partial charge in [0.25, 0.3) is 0 Å². The standard InChI is InChI=1S/2C29H30OP.C4H6O4/c2*1-22-8-5-11-27(18-22)31(28-12-6-9-23(2)19-28,29-13-7-10-24(3)20-29)21-25-14-16-26(30-4)17-15-25;5-3(6)1-2-4(7)8/h2*5-20H,21H2,1-4H3;1-2H2,(H,5,6)(H,7,8)/q2*+1;/p-2. The molecule has 0 aromatic heterocycles. The first-order valence-corrected chi connectivity index (χ1v) is 27.4. The van der Waals surface area contributed by atoms with Crippen LogP contribution in [0, 0.1) is 41.5 Å². The van der Waals surface area contributed by atoms with E-state index in [1.54, 1.807) is 14.2 Å². The third kappa shape index (κ3) is 13.5. The smallest absolute Gasteiger partial charge is 0.118 e. The van der Waals surface area contributed by atoms with Crippen molar-refractivity contribution in [2.24, 2.45) is 0 Å². The molecule has 8 heteroatoms. The van der Waals surface area contributed by atoms with Gasteiger partial charge in [-0.3, -0.25) is 0 Å². The topological polar surface area (TPSA) is 98.7 Å². The SMILES string of the molecule is COc1ccc(C[P+](c2cccc(C)c2)(c2cccc(C)c2)c2cccc(C)c2)cc1.COc1ccc(C[P+](c2cccc(C)c2)(c2cccc(C)c2)c2cccc(C)c2)cc1.O=C([O-])CCC(=O)[O-]. The van der Waals surface area contributed by atoms with Crippen LogP contribution in [0.1, 0.15) is 57.3 Å². The average Bonchev–Trinajstić information content (AvgIpc) is 3.35. The lowest BCUT2D eigenvalue weighted by Gasteiger charge is -2.28. The molecule has 0 amide bonds. The van der Waals surface area contributed by atoms with Crippen LogP contribution in [-0.4, -0.2) is 26.2 Å². The number of benzene rings is 8. The van der Waals surface area contributed by atoms with Crippen LogP contribution < -0.4 is 51.5 Å². The first kappa shape index (κ1) is 52.5. The van der Waals surface area contributed by atoms with Crippen LogP contribution >= 0.6 is 14.5 Å². The number of carbonyl (C=O) groups excluding carboxylic acids is 2. The maximum atomic E-state index is 9.50. The fourth-order valence-electron chi connectivity index (χ4n) is 8.85. The molecule has 8 aromatic carbocycles. The Kier molecular flexibility index (Phi) is 18.5. The van der Waals surface area contributed by atoms with Gasteiger partial charge in [-0.05, 0) is 196 Å². The largest absolute Gasteiger partial charge is 0.550 e. The van der Waals surface area contributed by atoms with E-state index in [1.165, 1.54) is 76.3 Å². The Morgan fingerprint density at radius 2 is 0.571 bits per heavy atom. The molecule has 0 aliphatic rings. The molecular formula is C62H64O6P2. The molecule has 0 N–H and O–H groups in total. The van der Waals surface area contributed by atoms with E-state index in [2.05, 4.69) is 236 Å². The van der Waals surface area contributed by atoms with Gasteiger partial charge in [0.2, 0.25) is 0 Å². The quantitative estimate of drug-likeness (QED) is 0.0951. The molecular weight excluding hydrogens is 903 g/mol. The normalized spacial score (nSPS) is 11.0. The van der Waals surface area contributed by atoms with Gasteiger partial charge in [0.05, 0.1) is 26.5 Å².